The molecule has 2 rings (SSSR count). The first-order chi connectivity index (χ1) is 12.7. The minimum absolute atomic E-state index is 0.782. The fraction of sp³-hybridized carbons (Fsp3) is 0.667. The van der Waals surface area contributed by atoms with E-state index in [0.717, 1.165) is 33.0 Å². The van der Waals surface area contributed by atoms with E-state index in [0.29, 0.717) is 0 Å². The Morgan fingerprint density at radius 2 is 1.19 bits per heavy atom. The number of rotatable bonds is 12. The zero-order valence-electron chi connectivity index (χ0n) is 16.2. The lowest BCUT2D eigenvalue weighted by atomic mass is 10.0. The molecule has 2 aromatic heterocycles. The summed E-state index contributed by atoms with van der Waals surface area (Å²) in [6.07, 6.45) is 16.7. The second kappa shape index (κ2) is 12.0. The van der Waals surface area contributed by atoms with Crippen molar-refractivity contribution in [2.45, 2.75) is 90.9 Å². The molecule has 0 aliphatic rings. The molecule has 0 bridgehead atoms. The van der Waals surface area contributed by atoms with Crippen molar-refractivity contribution in [3.05, 3.63) is 26.7 Å². The molecule has 0 atom stereocenters. The average Bonchev–Trinajstić information content (AvgIpc) is 2.65. The van der Waals surface area contributed by atoms with Gasteiger partial charge in [0.2, 0.25) is 0 Å². The van der Waals surface area contributed by atoms with Crippen molar-refractivity contribution in [2.24, 2.45) is 0 Å². The van der Waals surface area contributed by atoms with E-state index in [4.69, 9.17) is 9.97 Å². The van der Waals surface area contributed by atoms with E-state index in [1.165, 1.54) is 75.6 Å². The maximum absolute atomic E-state index is 4.99. The van der Waals surface area contributed by atoms with Crippen LogP contribution in [0, 0.1) is 0 Å². The predicted octanol–water partition coefficient (Wildman–Crippen LogP) is 7.58. The largest absolute Gasteiger partial charge is 0.248 e. The van der Waals surface area contributed by atoms with Gasteiger partial charge >= 0.3 is 0 Å². The van der Waals surface area contributed by atoms with Crippen LogP contribution in [0.2, 0.25) is 0 Å². The molecule has 0 spiro atoms. The number of halogens is 2. The molecule has 0 saturated heterocycles. The van der Waals surface area contributed by atoms with Crippen molar-refractivity contribution < 1.29 is 0 Å². The second-order valence-electron chi connectivity index (χ2n) is 7.04. The summed E-state index contributed by atoms with van der Waals surface area (Å²) in [5.74, 6) is 0. The molecule has 0 N–H and O–H groups in total. The smallest absolute Gasteiger partial charge is 0.133 e. The third-order valence-electron chi connectivity index (χ3n) is 4.80. The van der Waals surface area contributed by atoms with Crippen molar-refractivity contribution in [3.8, 4) is 0 Å². The van der Waals surface area contributed by atoms with Crippen molar-refractivity contribution in [1.82, 2.24) is 15.0 Å². The van der Waals surface area contributed by atoms with Gasteiger partial charge in [-0.15, -0.1) is 0 Å². The van der Waals surface area contributed by atoms with Gasteiger partial charge in [-0.1, -0.05) is 65.2 Å². The molecule has 0 amide bonds. The summed E-state index contributed by atoms with van der Waals surface area (Å²) >= 11 is 7.13. The molecular formula is C21H31Br2N3. The fourth-order valence-corrected chi connectivity index (χ4v) is 4.00. The van der Waals surface area contributed by atoms with E-state index in [1.807, 2.05) is 0 Å². The van der Waals surface area contributed by atoms with Crippen LogP contribution in [0.25, 0.3) is 11.0 Å². The van der Waals surface area contributed by atoms with Gasteiger partial charge in [0.05, 0.1) is 15.9 Å². The Morgan fingerprint density at radius 1 is 0.692 bits per heavy atom. The topological polar surface area (TPSA) is 38.7 Å². The van der Waals surface area contributed by atoms with Gasteiger partial charge in [0.25, 0.3) is 0 Å². The van der Waals surface area contributed by atoms with Crippen molar-refractivity contribution in [1.29, 1.82) is 0 Å². The predicted molar refractivity (Wildman–Crippen MR) is 118 cm³/mol. The molecule has 0 saturated carbocycles. The maximum Gasteiger partial charge on any atom is 0.133 e. The lowest BCUT2D eigenvalue weighted by molar-refractivity contribution is 0.612. The van der Waals surface area contributed by atoms with Crippen LogP contribution >= 0.6 is 31.9 Å². The lowest BCUT2D eigenvalue weighted by Crippen LogP contribution is -2.05. The van der Waals surface area contributed by atoms with Gasteiger partial charge in [-0.25, -0.2) is 15.0 Å². The number of hydrogen-bond acceptors (Lipinski definition) is 3. The van der Waals surface area contributed by atoms with E-state index in [1.54, 1.807) is 6.20 Å². The SMILES string of the molecule is CCCCCCCc1nc2c(Br)cnc(Br)c2nc1CCCCCCC. The summed E-state index contributed by atoms with van der Waals surface area (Å²) in [7, 11) is 0. The van der Waals surface area contributed by atoms with Crippen molar-refractivity contribution >= 4 is 42.9 Å². The molecule has 0 aliphatic carbocycles. The third kappa shape index (κ3) is 6.56. The Bertz CT molecular complexity index is 630. The molecule has 0 aliphatic heterocycles. The Labute approximate surface area is 175 Å². The van der Waals surface area contributed by atoms with Crippen LogP contribution in [0.5, 0.6) is 0 Å². The number of aryl methyl sites for hydroxylation is 2. The summed E-state index contributed by atoms with van der Waals surface area (Å²) in [5.41, 5.74) is 4.15. The van der Waals surface area contributed by atoms with Gasteiger partial charge in [0.15, 0.2) is 0 Å². The molecule has 3 nitrogen and oxygen atoms in total. The van der Waals surface area contributed by atoms with E-state index >= 15 is 0 Å². The Kier molecular flexibility index (Phi) is 10.1. The van der Waals surface area contributed by atoms with E-state index in [9.17, 15) is 0 Å². The number of aromatic nitrogens is 3. The molecule has 26 heavy (non-hydrogen) atoms. The normalized spacial score (nSPS) is 11.4. The van der Waals surface area contributed by atoms with Crippen molar-refractivity contribution in [2.75, 3.05) is 0 Å². The summed E-state index contributed by atoms with van der Waals surface area (Å²) in [4.78, 5) is 14.3. The average molecular weight is 485 g/mol. The van der Waals surface area contributed by atoms with Crippen LogP contribution in [0.1, 0.15) is 89.4 Å². The molecule has 0 unspecified atom stereocenters. The minimum Gasteiger partial charge on any atom is -0.248 e. The highest BCUT2D eigenvalue weighted by molar-refractivity contribution is 9.11. The number of pyridine rings is 1. The zero-order chi connectivity index (χ0) is 18.8. The Balaban J connectivity index is 2.15. The summed E-state index contributed by atoms with van der Waals surface area (Å²) in [5, 5.41) is 0. The molecular weight excluding hydrogens is 454 g/mol. The monoisotopic (exact) mass is 483 g/mol. The third-order valence-corrected chi connectivity index (χ3v) is 5.96. The maximum atomic E-state index is 4.99. The molecule has 0 radical (unpaired) electrons. The van der Waals surface area contributed by atoms with Crippen LogP contribution in [0.3, 0.4) is 0 Å². The molecule has 144 valence electrons. The van der Waals surface area contributed by atoms with Crippen molar-refractivity contribution in [3.63, 3.8) is 0 Å². The number of fused-ring (bicyclic) bond motifs is 1. The standard InChI is InChI=1S/C21H31Br2N3/c1-3-5-7-9-11-13-17-18(14-12-10-8-6-4-2)26-20-19(25-17)16(22)15-24-21(20)23/h15H,3-14H2,1-2H3. The highest BCUT2D eigenvalue weighted by Crippen LogP contribution is 2.27. The van der Waals surface area contributed by atoms with Gasteiger partial charge in [-0.3, -0.25) is 0 Å². The Morgan fingerprint density at radius 3 is 1.73 bits per heavy atom. The first kappa shape index (κ1) is 21.7. The van der Waals surface area contributed by atoms with Crippen LogP contribution in [-0.2, 0) is 12.8 Å². The fourth-order valence-electron chi connectivity index (χ4n) is 3.24. The molecule has 2 heterocycles. The van der Waals surface area contributed by atoms with Crippen LogP contribution in [0.4, 0.5) is 0 Å². The van der Waals surface area contributed by atoms with Gasteiger partial charge in [-0.2, -0.15) is 0 Å². The van der Waals surface area contributed by atoms with Crippen LogP contribution in [-0.4, -0.2) is 15.0 Å². The van der Waals surface area contributed by atoms with E-state index < -0.39 is 0 Å². The highest BCUT2D eigenvalue weighted by Gasteiger charge is 2.13. The molecule has 2 aromatic rings. The van der Waals surface area contributed by atoms with Gasteiger partial charge in [-0.05, 0) is 57.5 Å². The van der Waals surface area contributed by atoms with Gasteiger partial charge < -0.3 is 0 Å². The first-order valence-electron chi connectivity index (χ1n) is 10.2. The summed E-state index contributed by atoms with van der Waals surface area (Å²) in [6.45, 7) is 4.52. The number of unbranched alkanes of at least 4 members (excludes halogenated alkanes) is 8. The molecule has 0 aromatic carbocycles. The zero-order valence-corrected chi connectivity index (χ0v) is 19.3. The summed E-state index contributed by atoms with van der Waals surface area (Å²) in [6, 6.07) is 0. The first-order valence-corrected chi connectivity index (χ1v) is 11.8. The number of nitrogens with zero attached hydrogens (tertiary/aromatic N) is 3. The number of hydrogen-bond donors (Lipinski definition) is 0. The lowest BCUT2D eigenvalue weighted by Gasteiger charge is -2.11. The minimum atomic E-state index is 0.782. The second-order valence-corrected chi connectivity index (χ2v) is 8.65. The van der Waals surface area contributed by atoms with Crippen LogP contribution in [0.15, 0.2) is 15.3 Å². The Hall–Kier alpha value is -0.550. The van der Waals surface area contributed by atoms with Crippen LogP contribution < -0.4 is 0 Å². The highest BCUT2D eigenvalue weighted by atomic mass is 79.9. The van der Waals surface area contributed by atoms with E-state index in [2.05, 4.69) is 50.7 Å². The van der Waals surface area contributed by atoms with Gasteiger partial charge in [0, 0.05) is 6.20 Å². The molecule has 0 fully saturated rings. The van der Waals surface area contributed by atoms with Gasteiger partial charge in [0.1, 0.15) is 15.6 Å². The molecule has 5 heteroatoms. The quantitative estimate of drug-likeness (QED) is 0.230. The summed E-state index contributed by atoms with van der Waals surface area (Å²) < 4.78 is 1.70. The van der Waals surface area contributed by atoms with E-state index in [-0.39, 0.29) is 0 Å².